The number of carbonyl (C=O) groups is 2. The minimum Gasteiger partial charge on any atom is -0.504 e. The van der Waals surface area contributed by atoms with Crippen LogP contribution in [0.25, 0.3) is 5.57 Å². The average Bonchev–Trinajstić information content (AvgIpc) is 2.94. The average molecular weight is 535 g/mol. The molecule has 2 aromatic rings. The van der Waals surface area contributed by atoms with Crippen LogP contribution in [-0.2, 0) is 16.1 Å². The van der Waals surface area contributed by atoms with Crippen molar-refractivity contribution in [3.05, 3.63) is 71.3 Å². The Morgan fingerprint density at radius 2 is 1.87 bits per heavy atom. The third-order valence-electron chi connectivity index (χ3n) is 8.10. The molecule has 2 heterocycles. The van der Waals surface area contributed by atoms with Gasteiger partial charge < -0.3 is 15.1 Å². The lowest BCUT2D eigenvalue weighted by atomic mass is 9.66. The highest BCUT2D eigenvalue weighted by Gasteiger charge is 2.48. The number of hydrogen-bond acceptors (Lipinski definition) is 8. The molecule has 9 nitrogen and oxygen atoms in total. The molecule has 1 aliphatic carbocycles. The molecule has 4 rings (SSSR count). The Hall–Kier alpha value is -3.56. The molecule has 0 saturated carbocycles. The third kappa shape index (κ3) is 6.04. The molecule has 0 spiro atoms. The maximum atomic E-state index is 12.4. The van der Waals surface area contributed by atoms with Gasteiger partial charge in [-0.1, -0.05) is 62.4 Å². The zero-order chi connectivity index (χ0) is 28.2. The van der Waals surface area contributed by atoms with Crippen LogP contribution in [-0.4, -0.2) is 62.2 Å². The zero-order valence-corrected chi connectivity index (χ0v) is 23.1. The van der Waals surface area contributed by atoms with Gasteiger partial charge in [0.1, 0.15) is 5.82 Å². The summed E-state index contributed by atoms with van der Waals surface area (Å²) in [5, 5.41) is 20.7. The lowest BCUT2D eigenvalue weighted by Gasteiger charge is -2.54. The van der Waals surface area contributed by atoms with E-state index in [9.17, 15) is 19.8 Å². The molecule has 208 valence electrons. The van der Waals surface area contributed by atoms with E-state index in [0.717, 1.165) is 39.3 Å². The molecular formula is C30H38N4O5. The number of aromatic nitrogens is 2. The summed E-state index contributed by atoms with van der Waals surface area (Å²) in [6.45, 7) is 8.80. The van der Waals surface area contributed by atoms with Gasteiger partial charge in [0.25, 0.3) is 0 Å². The summed E-state index contributed by atoms with van der Waals surface area (Å²) in [6, 6.07) is 10.3. The van der Waals surface area contributed by atoms with Crippen LogP contribution in [0.2, 0.25) is 0 Å². The second kappa shape index (κ2) is 11.7. The first-order valence-corrected chi connectivity index (χ1v) is 13.4. The van der Waals surface area contributed by atoms with Crippen LogP contribution in [0.15, 0.2) is 48.6 Å². The molecule has 1 fully saturated rings. The molecule has 0 radical (unpaired) electrons. The Bertz CT molecular complexity index is 1270. The third-order valence-corrected chi connectivity index (χ3v) is 8.10. The first-order valence-electron chi connectivity index (χ1n) is 13.4. The van der Waals surface area contributed by atoms with Gasteiger partial charge >= 0.3 is 11.9 Å². The maximum Gasteiger partial charge on any atom is 0.329 e. The van der Waals surface area contributed by atoms with E-state index in [4.69, 9.17) is 0 Å². The van der Waals surface area contributed by atoms with Gasteiger partial charge in [0.15, 0.2) is 11.4 Å². The van der Waals surface area contributed by atoms with Crippen LogP contribution < -0.4 is 5.48 Å². The molecular weight excluding hydrogens is 496 g/mol. The van der Waals surface area contributed by atoms with E-state index in [2.05, 4.69) is 63.9 Å². The van der Waals surface area contributed by atoms with Gasteiger partial charge in [0.05, 0.1) is 17.8 Å². The zero-order valence-electron chi connectivity index (χ0n) is 23.1. The molecule has 1 aromatic heterocycles. The van der Waals surface area contributed by atoms with Crippen LogP contribution in [0.1, 0.15) is 67.6 Å². The van der Waals surface area contributed by atoms with E-state index in [1.165, 1.54) is 11.1 Å². The van der Waals surface area contributed by atoms with Crippen molar-refractivity contribution in [3.63, 3.8) is 0 Å². The molecule has 1 aromatic carbocycles. The van der Waals surface area contributed by atoms with Crippen molar-refractivity contribution in [2.75, 3.05) is 19.7 Å². The highest BCUT2D eigenvalue weighted by Crippen LogP contribution is 2.45. The van der Waals surface area contributed by atoms with Crippen LogP contribution in [0.5, 0.6) is 5.75 Å². The second-order valence-electron chi connectivity index (χ2n) is 11.1. The van der Waals surface area contributed by atoms with Crippen molar-refractivity contribution in [2.24, 2.45) is 11.3 Å². The first kappa shape index (κ1) is 28.4. The molecule has 9 heteroatoms. The number of piperidine rings is 1. The van der Waals surface area contributed by atoms with E-state index < -0.39 is 11.9 Å². The summed E-state index contributed by atoms with van der Waals surface area (Å²) in [4.78, 5) is 39.1. The monoisotopic (exact) mass is 534 g/mol. The van der Waals surface area contributed by atoms with Crippen LogP contribution in [0, 0.1) is 18.3 Å². The molecule has 39 heavy (non-hydrogen) atoms. The summed E-state index contributed by atoms with van der Waals surface area (Å²) < 4.78 is 0. The number of aromatic hydroxyl groups is 1. The fraction of sp³-hybridized carbons (Fsp3) is 0.467. The Morgan fingerprint density at radius 1 is 1.18 bits per heavy atom. The van der Waals surface area contributed by atoms with Gasteiger partial charge in [-0.05, 0) is 56.3 Å². The summed E-state index contributed by atoms with van der Waals surface area (Å²) in [5.41, 5.74) is 3.81. The number of hydroxylamine groups is 1. The lowest BCUT2D eigenvalue weighted by Crippen LogP contribution is -2.60. The second-order valence-corrected chi connectivity index (χ2v) is 11.1. The Kier molecular flexibility index (Phi) is 8.51. The Labute approximate surface area is 229 Å². The number of carbonyl (C=O) groups excluding carboxylic acids is 2. The number of allylic oxidation sites excluding steroid dienone is 2. The van der Waals surface area contributed by atoms with Crippen molar-refractivity contribution in [1.82, 2.24) is 20.3 Å². The van der Waals surface area contributed by atoms with Gasteiger partial charge in [0, 0.05) is 18.8 Å². The SMILES string of the molecule is CC(=O)ONC(=O)c1nc(CC2CCN(C3(C(C)(C)CO)C=CC(c4ccccc4)=CC3)CC2)nc(C)c1O. The van der Waals surface area contributed by atoms with Gasteiger partial charge in [0.2, 0.25) is 0 Å². The molecule has 1 saturated heterocycles. The molecule has 1 atom stereocenters. The molecule has 1 amide bonds. The number of aliphatic hydroxyl groups excluding tert-OH is 1. The topological polar surface area (TPSA) is 125 Å². The minimum absolute atomic E-state index is 0.0740. The van der Waals surface area contributed by atoms with Crippen LogP contribution in [0.4, 0.5) is 0 Å². The summed E-state index contributed by atoms with van der Waals surface area (Å²) in [5.74, 6) is -1.05. The lowest BCUT2D eigenvalue weighted by molar-refractivity contribution is -0.146. The van der Waals surface area contributed by atoms with Gasteiger partial charge in [-0.2, -0.15) is 5.48 Å². The predicted octanol–water partition coefficient (Wildman–Crippen LogP) is 3.75. The molecule has 1 aliphatic heterocycles. The predicted molar refractivity (Wildman–Crippen MR) is 147 cm³/mol. The number of amides is 1. The Morgan fingerprint density at radius 3 is 2.46 bits per heavy atom. The molecule has 3 N–H and O–H groups in total. The maximum absolute atomic E-state index is 12.4. The van der Waals surface area contributed by atoms with E-state index >= 15 is 0 Å². The minimum atomic E-state index is -0.801. The number of nitrogens with one attached hydrogen (secondary N) is 1. The largest absolute Gasteiger partial charge is 0.504 e. The number of likely N-dealkylation sites (tertiary alicyclic amines) is 1. The van der Waals surface area contributed by atoms with Gasteiger partial charge in [-0.15, -0.1) is 0 Å². The van der Waals surface area contributed by atoms with Crippen molar-refractivity contribution < 1.29 is 24.6 Å². The summed E-state index contributed by atoms with van der Waals surface area (Å²) in [7, 11) is 0. The number of rotatable bonds is 7. The number of hydrogen-bond donors (Lipinski definition) is 3. The van der Waals surface area contributed by atoms with E-state index in [1.807, 2.05) is 23.7 Å². The van der Waals surface area contributed by atoms with Gasteiger partial charge in [-0.25, -0.2) is 9.97 Å². The standard InChI is InChI=1S/C30H38N4O5/c1-20-27(37)26(28(38)33-39-21(2)36)32-25(31-20)18-22-12-16-34(17-13-22)30(29(3,4)19-35)14-10-24(11-15-30)23-8-6-5-7-9-23/h5-11,14,22,35,37H,12-13,15-19H2,1-4H3,(H,33,38). The van der Waals surface area contributed by atoms with Crippen molar-refractivity contribution in [1.29, 1.82) is 0 Å². The van der Waals surface area contributed by atoms with Crippen molar-refractivity contribution in [2.45, 2.75) is 58.9 Å². The number of nitrogens with zero attached hydrogens (tertiary/aromatic N) is 3. The van der Waals surface area contributed by atoms with Gasteiger partial charge in [-0.3, -0.25) is 14.5 Å². The molecule has 0 bridgehead atoms. The number of aliphatic hydroxyl groups is 1. The fourth-order valence-electron chi connectivity index (χ4n) is 5.61. The van der Waals surface area contributed by atoms with Crippen LogP contribution in [0.3, 0.4) is 0 Å². The number of aryl methyl sites for hydroxylation is 1. The van der Waals surface area contributed by atoms with E-state index in [0.29, 0.717) is 23.9 Å². The molecule has 2 aliphatic rings. The first-order chi connectivity index (χ1) is 18.6. The molecule has 1 unspecified atom stereocenters. The van der Waals surface area contributed by atoms with E-state index in [1.54, 1.807) is 6.92 Å². The smallest absolute Gasteiger partial charge is 0.329 e. The van der Waals surface area contributed by atoms with Crippen molar-refractivity contribution >= 4 is 17.4 Å². The highest BCUT2D eigenvalue weighted by molar-refractivity contribution is 5.95. The fourth-order valence-corrected chi connectivity index (χ4v) is 5.61. The Balaban J connectivity index is 1.46. The normalized spacial score (nSPS) is 20.4. The van der Waals surface area contributed by atoms with Crippen LogP contribution >= 0.6 is 0 Å². The van der Waals surface area contributed by atoms with Crippen molar-refractivity contribution in [3.8, 4) is 5.75 Å². The summed E-state index contributed by atoms with van der Waals surface area (Å²) in [6.07, 6.45) is 9.95. The quantitative estimate of drug-likeness (QED) is 0.459. The highest BCUT2D eigenvalue weighted by atomic mass is 16.7. The number of benzene rings is 1. The van der Waals surface area contributed by atoms with E-state index in [-0.39, 0.29) is 29.0 Å². The summed E-state index contributed by atoms with van der Waals surface area (Å²) >= 11 is 0.